The molecule has 0 aliphatic carbocycles. The van der Waals surface area contributed by atoms with Crippen molar-refractivity contribution >= 4 is 0 Å². The van der Waals surface area contributed by atoms with Crippen molar-refractivity contribution in [3.8, 4) is 17.1 Å². The van der Waals surface area contributed by atoms with Gasteiger partial charge < -0.3 is 10.5 Å². The first-order valence-electron chi connectivity index (χ1n) is 6.43. The summed E-state index contributed by atoms with van der Waals surface area (Å²) < 4.78 is 7.35. The van der Waals surface area contributed by atoms with E-state index in [0.717, 1.165) is 23.7 Å². The SMILES string of the molecule is CC(C)COc1ccc(-c2nc(CN)n(C)n2)cc1. The summed E-state index contributed by atoms with van der Waals surface area (Å²) in [4.78, 5) is 4.39. The van der Waals surface area contributed by atoms with Gasteiger partial charge in [-0.25, -0.2) is 4.98 Å². The molecule has 0 unspecified atom stereocenters. The predicted molar refractivity (Wildman–Crippen MR) is 74.7 cm³/mol. The summed E-state index contributed by atoms with van der Waals surface area (Å²) in [6, 6.07) is 7.81. The smallest absolute Gasteiger partial charge is 0.181 e. The van der Waals surface area contributed by atoms with Gasteiger partial charge in [0.2, 0.25) is 0 Å². The van der Waals surface area contributed by atoms with Crippen LogP contribution in [0.1, 0.15) is 19.7 Å². The zero-order valence-electron chi connectivity index (χ0n) is 11.6. The molecule has 5 nitrogen and oxygen atoms in total. The van der Waals surface area contributed by atoms with Crippen molar-refractivity contribution in [3.63, 3.8) is 0 Å². The molecule has 0 aliphatic heterocycles. The number of benzene rings is 1. The Bertz CT molecular complexity index is 531. The monoisotopic (exact) mass is 260 g/mol. The molecule has 0 bridgehead atoms. The van der Waals surface area contributed by atoms with Crippen molar-refractivity contribution in [1.29, 1.82) is 0 Å². The van der Waals surface area contributed by atoms with Gasteiger partial charge in [-0.3, -0.25) is 4.68 Å². The van der Waals surface area contributed by atoms with E-state index in [-0.39, 0.29) is 0 Å². The van der Waals surface area contributed by atoms with Gasteiger partial charge >= 0.3 is 0 Å². The van der Waals surface area contributed by atoms with Crippen LogP contribution in [0.2, 0.25) is 0 Å². The Hall–Kier alpha value is -1.88. The maximum Gasteiger partial charge on any atom is 0.181 e. The molecule has 19 heavy (non-hydrogen) atoms. The van der Waals surface area contributed by atoms with Crippen molar-refractivity contribution < 1.29 is 4.74 Å². The molecule has 1 aromatic carbocycles. The van der Waals surface area contributed by atoms with E-state index in [1.165, 1.54) is 0 Å². The summed E-state index contributed by atoms with van der Waals surface area (Å²) in [6.07, 6.45) is 0. The number of nitrogens with two attached hydrogens (primary N) is 1. The number of hydrogen-bond donors (Lipinski definition) is 1. The maximum absolute atomic E-state index is 5.64. The van der Waals surface area contributed by atoms with E-state index in [9.17, 15) is 0 Å². The zero-order chi connectivity index (χ0) is 13.8. The van der Waals surface area contributed by atoms with Crippen LogP contribution in [0.5, 0.6) is 5.75 Å². The standard InChI is InChI=1S/C14H20N4O/c1-10(2)9-19-12-6-4-11(5-7-12)14-16-13(8-15)18(3)17-14/h4-7,10H,8-9,15H2,1-3H3. The van der Waals surface area contributed by atoms with E-state index in [1.54, 1.807) is 4.68 Å². The van der Waals surface area contributed by atoms with Gasteiger partial charge in [0.05, 0.1) is 13.2 Å². The summed E-state index contributed by atoms with van der Waals surface area (Å²) >= 11 is 0. The molecule has 0 amide bonds. The second kappa shape index (κ2) is 5.84. The molecule has 0 fully saturated rings. The number of hydrogen-bond acceptors (Lipinski definition) is 4. The number of aromatic nitrogens is 3. The van der Waals surface area contributed by atoms with Gasteiger partial charge in [0.25, 0.3) is 0 Å². The molecule has 2 N–H and O–H groups in total. The Morgan fingerprint density at radius 2 is 1.95 bits per heavy atom. The second-order valence-electron chi connectivity index (χ2n) is 4.91. The predicted octanol–water partition coefficient (Wildman–Crippen LogP) is 1.98. The van der Waals surface area contributed by atoms with E-state index >= 15 is 0 Å². The highest BCUT2D eigenvalue weighted by atomic mass is 16.5. The Balaban J connectivity index is 2.13. The first kappa shape index (κ1) is 13.5. The van der Waals surface area contributed by atoms with Crippen LogP contribution in [0.3, 0.4) is 0 Å². The third-order valence-electron chi connectivity index (χ3n) is 2.73. The van der Waals surface area contributed by atoms with Gasteiger partial charge in [-0.15, -0.1) is 0 Å². The van der Waals surface area contributed by atoms with Crippen molar-refractivity contribution in [1.82, 2.24) is 14.8 Å². The van der Waals surface area contributed by atoms with Gasteiger partial charge in [0.1, 0.15) is 11.6 Å². The van der Waals surface area contributed by atoms with E-state index in [1.807, 2.05) is 31.3 Å². The van der Waals surface area contributed by atoms with Crippen molar-refractivity contribution in [2.75, 3.05) is 6.61 Å². The van der Waals surface area contributed by atoms with E-state index < -0.39 is 0 Å². The van der Waals surface area contributed by atoms with Crippen LogP contribution >= 0.6 is 0 Å². The summed E-state index contributed by atoms with van der Waals surface area (Å²) in [6.45, 7) is 5.36. The van der Waals surface area contributed by atoms with Crippen LogP contribution in [0, 0.1) is 5.92 Å². The van der Waals surface area contributed by atoms with E-state index in [4.69, 9.17) is 10.5 Å². The average Bonchev–Trinajstić information content (AvgIpc) is 2.78. The van der Waals surface area contributed by atoms with Crippen LogP contribution in [0.25, 0.3) is 11.4 Å². The molecular weight excluding hydrogens is 240 g/mol. The van der Waals surface area contributed by atoms with Crippen molar-refractivity contribution in [2.45, 2.75) is 20.4 Å². The number of nitrogens with zero attached hydrogens (tertiary/aromatic N) is 3. The highest BCUT2D eigenvalue weighted by Gasteiger charge is 2.08. The summed E-state index contributed by atoms with van der Waals surface area (Å²) in [5.41, 5.74) is 6.56. The number of rotatable bonds is 5. The summed E-state index contributed by atoms with van der Waals surface area (Å²) in [7, 11) is 1.85. The molecule has 102 valence electrons. The lowest BCUT2D eigenvalue weighted by Crippen LogP contribution is -2.05. The molecule has 0 saturated heterocycles. The van der Waals surface area contributed by atoms with Crippen LogP contribution < -0.4 is 10.5 Å². The molecule has 5 heteroatoms. The lowest BCUT2D eigenvalue weighted by molar-refractivity contribution is 0.271. The van der Waals surface area contributed by atoms with Crippen LogP contribution in [0.15, 0.2) is 24.3 Å². The van der Waals surface area contributed by atoms with Crippen LogP contribution in [-0.4, -0.2) is 21.4 Å². The largest absolute Gasteiger partial charge is 0.493 e. The Kier molecular flexibility index (Phi) is 4.16. The Morgan fingerprint density at radius 1 is 1.26 bits per heavy atom. The molecule has 0 radical (unpaired) electrons. The molecule has 1 aromatic heterocycles. The summed E-state index contributed by atoms with van der Waals surface area (Å²) in [5, 5.41) is 4.34. The molecule has 1 heterocycles. The molecule has 0 atom stereocenters. The third kappa shape index (κ3) is 3.32. The van der Waals surface area contributed by atoms with Crippen LogP contribution in [0.4, 0.5) is 0 Å². The molecular formula is C14H20N4O. The fourth-order valence-corrected chi connectivity index (χ4v) is 1.68. The van der Waals surface area contributed by atoms with Gasteiger partial charge in [-0.05, 0) is 30.2 Å². The number of ether oxygens (including phenoxy) is 1. The molecule has 0 spiro atoms. The van der Waals surface area contributed by atoms with E-state index in [2.05, 4.69) is 23.9 Å². The minimum Gasteiger partial charge on any atom is -0.493 e. The normalized spacial score (nSPS) is 11.0. The average molecular weight is 260 g/mol. The van der Waals surface area contributed by atoms with Gasteiger partial charge in [0, 0.05) is 12.6 Å². The fourth-order valence-electron chi connectivity index (χ4n) is 1.68. The third-order valence-corrected chi connectivity index (χ3v) is 2.73. The first-order chi connectivity index (χ1) is 9.10. The van der Waals surface area contributed by atoms with E-state index in [0.29, 0.717) is 18.3 Å². The molecule has 0 saturated carbocycles. The quantitative estimate of drug-likeness (QED) is 0.892. The number of aryl methyl sites for hydroxylation is 1. The van der Waals surface area contributed by atoms with Gasteiger partial charge in [-0.1, -0.05) is 13.8 Å². The second-order valence-corrected chi connectivity index (χ2v) is 4.91. The lowest BCUT2D eigenvalue weighted by atomic mass is 10.2. The zero-order valence-corrected chi connectivity index (χ0v) is 11.6. The molecule has 2 rings (SSSR count). The maximum atomic E-state index is 5.64. The highest BCUT2D eigenvalue weighted by molar-refractivity contribution is 5.55. The Morgan fingerprint density at radius 3 is 2.47 bits per heavy atom. The summed E-state index contributed by atoms with van der Waals surface area (Å²) in [5.74, 6) is 2.85. The first-order valence-corrected chi connectivity index (χ1v) is 6.43. The van der Waals surface area contributed by atoms with Crippen LogP contribution in [-0.2, 0) is 13.6 Å². The minimum absolute atomic E-state index is 0.388. The highest BCUT2D eigenvalue weighted by Crippen LogP contribution is 2.20. The fraction of sp³-hybridized carbons (Fsp3) is 0.429. The molecule has 2 aromatic rings. The minimum atomic E-state index is 0.388. The van der Waals surface area contributed by atoms with Gasteiger partial charge in [-0.2, -0.15) is 5.10 Å². The molecule has 0 aliphatic rings. The van der Waals surface area contributed by atoms with Crippen molar-refractivity contribution in [2.24, 2.45) is 18.7 Å². The van der Waals surface area contributed by atoms with Gasteiger partial charge in [0.15, 0.2) is 5.82 Å². The van der Waals surface area contributed by atoms with Crippen molar-refractivity contribution in [3.05, 3.63) is 30.1 Å². The topological polar surface area (TPSA) is 66.0 Å². The Labute approximate surface area is 113 Å². The lowest BCUT2D eigenvalue weighted by Gasteiger charge is -2.08.